The Morgan fingerprint density at radius 1 is 1.45 bits per heavy atom. The third-order valence-electron chi connectivity index (χ3n) is 1.51. The normalized spacial score (nSPS) is 9.27. The van der Waals surface area contributed by atoms with Crippen LogP contribution in [0.25, 0.3) is 0 Å². The SMILES string of the molecule is C=Nc1ccc(C)cc1OC. The van der Waals surface area contributed by atoms with Crippen molar-refractivity contribution in [2.75, 3.05) is 7.11 Å². The first kappa shape index (κ1) is 7.79. The average molecular weight is 149 g/mol. The second kappa shape index (κ2) is 3.19. The van der Waals surface area contributed by atoms with E-state index >= 15 is 0 Å². The highest BCUT2D eigenvalue weighted by molar-refractivity contribution is 5.56. The van der Waals surface area contributed by atoms with E-state index in [9.17, 15) is 0 Å². The van der Waals surface area contributed by atoms with Crippen molar-refractivity contribution >= 4 is 12.4 Å². The molecule has 0 heterocycles. The standard InChI is InChI=1S/C9H11NO/c1-7-4-5-8(10-2)9(6-7)11-3/h4-6H,2H2,1,3H3. The van der Waals surface area contributed by atoms with Crippen molar-refractivity contribution in [2.24, 2.45) is 4.99 Å². The van der Waals surface area contributed by atoms with Gasteiger partial charge < -0.3 is 4.74 Å². The molecule has 0 saturated heterocycles. The number of benzene rings is 1. The zero-order valence-electron chi connectivity index (χ0n) is 6.79. The molecular weight excluding hydrogens is 138 g/mol. The van der Waals surface area contributed by atoms with E-state index in [0.717, 1.165) is 17.0 Å². The molecular formula is C9H11NO. The Morgan fingerprint density at radius 3 is 2.73 bits per heavy atom. The first-order valence-corrected chi connectivity index (χ1v) is 3.39. The Labute approximate surface area is 66.5 Å². The molecule has 0 fully saturated rings. The molecule has 0 saturated carbocycles. The summed E-state index contributed by atoms with van der Waals surface area (Å²) in [5.74, 6) is 0.778. The van der Waals surface area contributed by atoms with Crippen molar-refractivity contribution in [3.63, 3.8) is 0 Å². The van der Waals surface area contributed by atoms with E-state index in [1.165, 1.54) is 0 Å². The zero-order valence-corrected chi connectivity index (χ0v) is 6.79. The number of ether oxygens (including phenoxy) is 1. The second-order valence-corrected chi connectivity index (χ2v) is 2.33. The largest absolute Gasteiger partial charge is 0.494 e. The molecule has 1 aromatic rings. The van der Waals surface area contributed by atoms with Gasteiger partial charge in [0.2, 0.25) is 0 Å². The highest BCUT2D eigenvalue weighted by Gasteiger charge is 1.98. The van der Waals surface area contributed by atoms with E-state index in [1.54, 1.807) is 7.11 Å². The molecule has 0 unspecified atom stereocenters. The molecule has 0 amide bonds. The van der Waals surface area contributed by atoms with Crippen LogP contribution in [0.3, 0.4) is 0 Å². The Hall–Kier alpha value is -1.31. The van der Waals surface area contributed by atoms with Crippen LogP contribution in [0.1, 0.15) is 5.56 Å². The van der Waals surface area contributed by atoms with Gasteiger partial charge in [-0.05, 0) is 31.3 Å². The maximum absolute atomic E-state index is 5.08. The number of rotatable bonds is 2. The minimum Gasteiger partial charge on any atom is -0.494 e. The lowest BCUT2D eigenvalue weighted by Gasteiger charge is -2.03. The van der Waals surface area contributed by atoms with Gasteiger partial charge >= 0.3 is 0 Å². The first-order chi connectivity index (χ1) is 5.27. The topological polar surface area (TPSA) is 21.6 Å². The molecule has 0 spiro atoms. The van der Waals surface area contributed by atoms with Crippen molar-refractivity contribution in [2.45, 2.75) is 6.92 Å². The lowest BCUT2D eigenvalue weighted by Crippen LogP contribution is -1.83. The van der Waals surface area contributed by atoms with Crippen molar-refractivity contribution in [1.29, 1.82) is 0 Å². The molecule has 2 nitrogen and oxygen atoms in total. The molecule has 0 aliphatic rings. The molecule has 1 rings (SSSR count). The van der Waals surface area contributed by atoms with Crippen molar-refractivity contribution in [1.82, 2.24) is 0 Å². The number of hydrogen-bond acceptors (Lipinski definition) is 2. The van der Waals surface area contributed by atoms with Gasteiger partial charge in [0.15, 0.2) is 0 Å². The van der Waals surface area contributed by atoms with Crippen molar-refractivity contribution in [3.05, 3.63) is 23.8 Å². The van der Waals surface area contributed by atoms with E-state index in [4.69, 9.17) is 4.74 Å². The van der Waals surface area contributed by atoms with Gasteiger partial charge in [-0.15, -0.1) is 0 Å². The summed E-state index contributed by atoms with van der Waals surface area (Å²) in [6.45, 7) is 5.45. The predicted octanol–water partition coefficient (Wildman–Crippen LogP) is 2.34. The fourth-order valence-electron chi connectivity index (χ4n) is 0.915. The van der Waals surface area contributed by atoms with Crippen LogP contribution >= 0.6 is 0 Å². The Bertz CT molecular complexity index is 268. The van der Waals surface area contributed by atoms with Crippen molar-refractivity contribution < 1.29 is 4.74 Å². The third kappa shape index (κ3) is 1.58. The lowest BCUT2D eigenvalue weighted by atomic mass is 10.2. The minimum atomic E-state index is 0.778. The summed E-state index contributed by atoms with van der Waals surface area (Å²) in [5, 5.41) is 0. The number of aryl methyl sites for hydroxylation is 1. The van der Waals surface area contributed by atoms with Crippen molar-refractivity contribution in [3.8, 4) is 5.75 Å². The van der Waals surface area contributed by atoms with E-state index in [2.05, 4.69) is 11.7 Å². The molecule has 2 heteroatoms. The summed E-state index contributed by atoms with van der Waals surface area (Å²) in [5.41, 5.74) is 1.95. The van der Waals surface area contributed by atoms with Crippen LogP contribution in [0.5, 0.6) is 5.75 Å². The Balaban J connectivity index is 3.16. The molecule has 0 atom stereocenters. The van der Waals surface area contributed by atoms with Crippen LogP contribution in [0.15, 0.2) is 23.2 Å². The quantitative estimate of drug-likeness (QED) is 0.591. The zero-order chi connectivity index (χ0) is 8.27. The summed E-state index contributed by atoms with van der Waals surface area (Å²) in [6.07, 6.45) is 0. The fourth-order valence-corrected chi connectivity index (χ4v) is 0.915. The Morgan fingerprint density at radius 2 is 2.18 bits per heavy atom. The third-order valence-corrected chi connectivity index (χ3v) is 1.51. The lowest BCUT2D eigenvalue weighted by molar-refractivity contribution is 0.416. The van der Waals surface area contributed by atoms with Gasteiger partial charge in [-0.2, -0.15) is 0 Å². The molecule has 0 radical (unpaired) electrons. The van der Waals surface area contributed by atoms with Gasteiger partial charge in [0.05, 0.1) is 7.11 Å². The molecule has 0 aromatic heterocycles. The molecule has 0 aliphatic heterocycles. The summed E-state index contributed by atoms with van der Waals surface area (Å²) in [4.78, 5) is 3.81. The summed E-state index contributed by atoms with van der Waals surface area (Å²) in [7, 11) is 1.63. The van der Waals surface area contributed by atoms with E-state index in [-0.39, 0.29) is 0 Å². The van der Waals surface area contributed by atoms with Gasteiger partial charge in [0.25, 0.3) is 0 Å². The number of aliphatic imine (C=N–C) groups is 1. The molecule has 0 N–H and O–H groups in total. The number of hydrogen-bond donors (Lipinski definition) is 0. The van der Waals surface area contributed by atoms with Crippen LogP contribution < -0.4 is 4.74 Å². The predicted molar refractivity (Wildman–Crippen MR) is 46.9 cm³/mol. The van der Waals surface area contributed by atoms with Gasteiger partial charge in [0, 0.05) is 0 Å². The minimum absolute atomic E-state index is 0.778. The fraction of sp³-hybridized carbons (Fsp3) is 0.222. The molecule has 0 aliphatic carbocycles. The van der Waals surface area contributed by atoms with Crippen LogP contribution in [-0.2, 0) is 0 Å². The van der Waals surface area contributed by atoms with E-state index in [1.807, 2.05) is 25.1 Å². The van der Waals surface area contributed by atoms with Crippen LogP contribution in [0, 0.1) is 6.92 Å². The molecule has 0 bridgehead atoms. The van der Waals surface area contributed by atoms with Crippen LogP contribution in [0.2, 0.25) is 0 Å². The van der Waals surface area contributed by atoms with Crippen LogP contribution in [-0.4, -0.2) is 13.8 Å². The average Bonchev–Trinajstić information content (AvgIpc) is 2.04. The first-order valence-electron chi connectivity index (χ1n) is 3.39. The van der Waals surface area contributed by atoms with Gasteiger partial charge in [-0.1, -0.05) is 6.07 Å². The maximum atomic E-state index is 5.08. The molecule has 58 valence electrons. The summed E-state index contributed by atoms with van der Waals surface area (Å²) >= 11 is 0. The smallest absolute Gasteiger partial charge is 0.144 e. The molecule has 1 aromatic carbocycles. The number of nitrogens with zero attached hydrogens (tertiary/aromatic N) is 1. The van der Waals surface area contributed by atoms with E-state index < -0.39 is 0 Å². The highest BCUT2D eigenvalue weighted by Crippen LogP contribution is 2.27. The van der Waals surface area contributed by atoms with Gasteiger partial charge in [0.1, 0.15) is 11.4 Å². The highest BCUT2D eigenvalue weighted by atomic mass is 16.5. The van der Waals surface area contributed by atoms with E-state index in [0.29, 0.717) is 0 Å². The van der Waals surface area contributed by atoms with Gasteiger partial charge in [-0.25, -0.2) is 0 Å². The monoisotopic (exact) mass is 149 g/mol. The Kier molecular flexibility index (Phi) is 2.26. The summed E-state index contributed by atoms with van der Waals surface area (Å²) in [6, 6.07) is 5.80. The van der Waals surface area contributed by atoms with Gasteiger partial charge in [-0.3, -0.25) is 4.99 Å². The van der Waals surface area contributed by atoms with Crippen LogP contribution in [0.4, 0.5) is 5.69 Å². The maximum Gasteiger partial charge on any atom is 0.144 e. The molecule has 11 heavy (non-hydrogen) atoms. The summed E-state index contributed by atoms with van der Waals surface area (Å²) < 4.78 is 5.08. The second-order valence-electron chi connectivity index (χ2n) is 2.33. The number of methoxy groups -OCH3 is 1.